The Hall–Kier alpha value is -3.39. The number of rotatable bonds is 4. The molecule has 140 valence electrons. The zero-order valence-electron chi connectivity index (χ0n) is 14.3. The summed E-state index contributed by atoms with van der Waals surface area (Å²) in [4.78, 5) is 3.53. The third-order valence-corrected chi connectivity index (χ3v) is 5.73. The van der Waals surface area contributed by atoms with E-state index in [4.69, 9.17) is 0 Å². The van der Waals surface area contributed by atoms with E-state index in [9.17, 15) is 17.2 Å². The Kier molecular flexibility index (Phi) is 4.48. The minimum Gasteiger partial charge on any atom is -0.264 e. The zero-order valence-corrected chi connectivity index (χ0v) is 15.1. The minimum atomic E-state index is -4.20. The Balaban J connectivity index is 1.76. The van der Waals surface area contributed by atoms with Gasteiger partial charge in [0, 0.05) is 23.5 Å². The van der Waals surface area contributed by atoms with E-state index >= 15 is 0 Å². The largest absolute Gasteiger partial charge is 0.285 e. The number of halogens is 2. The first-order valence-corrected chi connectivity index (χ1v) is 9.65. The molecule has 0 atom stereocenters. The molecule has 2 aromatic heterocycles. The van der Waals surface area contributed by atoms with Crippen LogP contribution in [0.2, 0.25) is 0 Å². The van der Waals surface area contributed by atoms with Gasteiger partial charge in [0.1, 0.15) is 16.5 Å². The summed E-state index contributed by atoms with van der Waals surface area (Å²) in [7, 11) is -4.20. The lowest BCUT2D eigenvalue weighted by atomic mass is 10.0. The van der Waals surface area contributed by atoms with Gasteiger partial charge in [-0.2, -0.15) is 17.6 Å². The second-order valence-electron chi connectivity index (χ2n) is 6.01. The number of nitrogens with zero attached hydrogens (tertiary/aromatic N) is 3. The first-order chi connectivity index (χ1) is 13.4. The van der Waals surface area contributed by atoms with Crippen molar-refractivity contribution in [3.05, 3.63) is 91.0 Å². The van der Waals surface area contributed by atoms with E-state index in [1.54, 1.807) is 30.6 Å². The molecule has 0 aliphatic rings. The van der Waals surface area contributed by atoms with Crippen LogP contribution in [-0.4, -0.2) is 22.6 Å². The van der Waals surface area contributed by atoms with Crippen LogP contribution < -0.4 is 0 Å². The molecule has 0 fully saturated rings. The van der Waals surface area contributed by atoms with E-state index in [2.05, 4.69) is 10.1 Å². The molecular weight excluding hydrogens is 384 g/mol. The van der Waals surface area contributed by atoms with Gasteiger partial charge in [-0.25, -0.2) is 8.78 Å². The predicted molar refractivity (Wildman–Crippen MR) is 99.8 cm³/mol. The third kappa shape index (κ3) is 3.29. The highest BCUT2D eigenvalue weighted by Crippen LogP contribution is 2.28. The van der Waals surface area contributed by atoms with Crippen LogP contribution >= 0.6 is 0 Å². The lowest BCUT2D eigenvalue weighted by molar-refractivity contribution is 0.556. The number of hydrogen-bond acceptors (Lipinski definition) is 4. The van der Waals surface area contributed by atoms with Gasteiger partial charge in [0.25, 0.3) is 10.0 Å². The van der Waals surface area contributed by atoms with E-state index in [-0.39, 0.29) is 0 Å². The van der Waals surface area contributed by atoms with Crippen molar-refractivity contribution in [1.82, 2.24) is 14.2 Å². The Morgan fingerprint density at radius 1 is 0.821 bits per heavy atom. The topological polar surface area (TPSA) is 64.8 Å². The molecule has 0 radical (unpaired) electrons. The Labute approximate surface area is 160 Å². The van der Waals surface area contributed by atoms with Gasteiger partial charge < -0.3 is 0 Å². The van der Waals surface area contributed by atoms with Crippen molar-refractivity contribution in [2.75, 3.05) is 0 Å². The fourth-order valence-electron chi connectivity index (χ4n) is 2.80. The molecule has 0 saturated carbocycles. The molecule has 0 bridgehead atoms. The van der Waals surface area contributed by atoms with Crippen LogP contribution in [0.3, 0.4) is 0 Å². The average molecular weight is 397 g/mol. The number of pyridine rings is 1. The number of benzene rings is 2. The molecule has 0 aliphatic carbocycles. The fraction of sp³-hybridized carbons (Fsp3) is 0. The highest BCUT2D eigenvalue weighted by molar-refractivity contribution is 7.89. The van der Waals surface area contributed by atoms with Crippen LogP contribution in [0.1, 0.15) is 0 Å². The molecule has 0 spiro atoms. The van der Waals surface area contributed by atoms with Crippen LogP contribution in [0.5, 0.6) is 0 Å². The average Bonchev–Trinajstić information content (AvgIpc) is 3.20. The number of hydrogen-bond donors (Lipinski definition) is 0. The maximum Gasteiger partial charge on any atom is 0.285 e. The summed E-state index contributed by atoms with van der Waals surface area (Å²) in [5.74, 6) is -1.36. The molecule has 0 amide bonds. The zero-order chi connectivity index (χ0) is 19.7. The molecule has 0 unspecified atom stereocenters. The summed E-state index contributed by atoms with van der Waals surface area (Å²) < 4.78 is 54.0. The van der Waals surface area contributed by atoms with E-state index in [1.807, 2.05) is 0 Å². The van der Waals surface area contributed by atoms with Crippen molar-refractivity contribution >= 4 is 10.0 Å². The molecular formula is C20H13F2N3O2S. The molecule has 4 aromatic rings. The molecule has 0 N–H and O–H groups in total. The van der Waals surface area contributed by atoms with Gasteiger partial charge >= 0.3 is 0 Å². The lowest BCUT2D eigenvalue weighted by Crippen LogP contribution is -2.14. The molecule has 2 aromatic carbocycles. The monoisotopic (exact) mass is 397 g/mol. The Morgan fingerprint density at radius 2 is 1.57 bits per heavy atom. The molecule has 5 nitrogen and oxygen atoms in total. The van der Waals surface area contributed by atoms with Crippen LogP contribution in [0, 0.1) is 11.6 Å². The maximum absolute atomic E-state index is 14.1. The highest BCUT2D eigenvalue weighted by atomic mass is 32.2. The van der Waals surface area contributed by atoms with Gasteiger partial charge in [-0.1, -0.05) is 18.2 Å². The Morgan fingerprint density at radius 3 is 2.29 bits per heavy atom. The SMILES string of the molecule is O=S(=O)(c1ccccc1F)n1cc(-c2cc(F)cc(-c3cccnc3)c2)cn1. The number of aromatic nitrogens is 3. The minimum absolute atomic E-state index is 0.379. The van der Waals surface area contributed by atoms with Gasteiger partial charge in [0.05, 0.1) is 12.4 Å². The van der Waals surface area contributed by atoms with Crippen molar-refractivity contribution in [2.24, 2.45) is 0 Å². The van der Waals surface area contributed by atoms with E-state index in [0.29, 0.717) is 20.8 Å². The summed E-state index contributed by atoms with van der Waals surface area (Å²) in [5, 5.41) is 3.84. The van der Waals surface area contributed by atoms with E-state index in [1.165, 1.54) is 36.7 Å². The van der Waals surface area contributed by atoms with Crippen molar-refractivity contribution in [2.45, 2.75) is 4.90 Å². The van der Waals surface area contributed by atoms with Crippen LogP contribution in [0.15, 0.2) is 84.3 Å². The van der Waals surface area contributed by atoms with Crippen molar-refractivity contribution in [1.29, 1.82) is 0 Å². The highest BCUT2D eigenvalue weighted by Gasteiger charge is 2.22. The normalized spacial score (nSPS) is 11.5. The first kappa shape index (κ1) is 18.0. The summed E-state index contributed by atoms with van der Waals surface area (Å²) in [6.45, 7) is 0. The quantitative estimate of drug-likeness (QED) is 0.519. The van der Waals surface area contributed by atoms with Crippen LogP contribution in [0.25, 0.3) is 22.3 Å². The van der Waals surface area contributed by atoms with Crippen molar-refractivity contribution < 1.29 is 17.2 Å². The summed E-state index contributed by atoms with van der Waals surface area (Å²) in [6, 6.07) is 12.9. The summed E-state index contributed by atoms with van der Waals surface area (Å²) in [5.41, 5.74) is 2.13. The van der Waals surface area contributed by atoms with Gasteiger partial charge in [-0.3, -0.25) is 4.98 Å². The van der Waals surface area contributed by atoms with Gasteiger partial charge in [-0.05, 0) is 47.5 Å². The van der Waals surface area contributed by atoms with Crippen molar-refractivity contribution in [3.63, 3.8) is 0 Å². The van der Waals surface area contributed by atoms with E-state index in [0.717, 1.165) is 17.7 Å². The first-order valence-electron chi connectivity index (χ1n) is 8.21. The molecule has 8 heteroatoms. The summed E-state index contributed by atoms with van der Waals surface area (Å²) >= 11 is 0. The van der Waals surface area contributed by atoms with Crippen molar-refractivity contribution in [3.8, 4) is 22.3 Å². The Bertz CT molecular complexity index is 1260. The maximum atomic E-state index is 14.1. The summed E-state index contributed by atoms with van der Waals surface area (Å²) in [6.07, 6.45) is 5.73. The second-order valence-corrected chi connectivity index (χ2v) is 7.77. The van der Waals surface area contributed by atoms with Crippen LogP contribution in [-0.2, 0) is 10.0 Å². The molecule has 28 heavy (non-hydrogen) atoms. The smallest absolute Gasteiger partial charge is 0.264 e. The van der Waals surface area contributed by atoms with E-state index < -0.39 is 26.6 Å². The standard InChI is InChI=1S/C20H13F2N3O2S/c21-18-9-15(14-4-3-7-23-11-14)8-16(10-18)17-12-24-25(13-17)28(26,27)20-6-2-1-5-19(20)22/h1-13H. The molecule has 4 rings (SSSR count). The third-order valence-electron chi connectivity index (χ3n) is 4.15. The van der Waals surface area contributed by atoms with Gasteiger partial charge in [0.2, 0.25) is 0 Å². The second kappa shape index (κ2) is 6.97. The molecule has 0 saturated heterocycles. The van der Waals surface area contributed by atoms with Crippen LogP contribution in [0.4, 0.5) is 8.78 Å². The molecule has 2 heterocycles. The molecule has 0 aliphatic heterocycles. The predicted octanol–water partition coefficient (Wildman–Crippen LogP) is 4.13. The van der Waals surface area contributed by atoms with Gasteiger partial charge in [-0.15, -0.1) is 0 Å². The lowest BCUT2D eigenvalue weighted by Gasteiger charge is -2.06. The fourth-order valence-corrected chi connectivity index (χ4v) is 3.99. The van der Waals surface area contributed by atoms with Gasteiger partial charge in [0.15, 0.2) is 0 Å².